The van der Waals surface area contributed by atoms with E-state index in [1.165, 1.54) is 12.1 Å². The fourth-order valence-electron chi connectivity index (χ4n) is 2.05. The summed E-state index contributed by atoms with van der Waals surface area (Å²) in [5, 5.41) is 49.7. The number of para-hydroxylation sites is 1. The van der Waals surface area contributed by atoms with Gasteiger partial charge in [0.2, 0.25) is 6.10 Å². The van der Waals surface area contributed by atoms with E-state index < -0.39 is 41.9 Å². The minimum Gasteiger partial charge on any atom is -0.403 e. The maximum Gasteiger partial charge on any atom is 0.513 e. The Morgan fingerprint density at radius 1 is 1.24 bits per heavy atom. The molecule has 4 N–H and O–H groups in total. The molecule has 9 nitrogen and oxygen atoms in total. The number of hydrogen-bond donors (Lipinski definition) is 4. The fourth-order valence-corrected chi connectivity index (χ4v) is 2.05. The monoisotopic (exact) mass is 301 g/mol. The molecule has 0 aliphatic carbocycles. The number of nitro groups is 1. The minimum atomic E-state index is -2.83. The van der Waals surface area contributed by atoms with Crippen LogP contribution in [0.5, 0.6) is 5.75 Å². The number of hydrogen-bond acceptors (Lipinski definition) is 8. The molecule has 1 aromatic carbocycles. The Morgan fingerprint density at radius 2 is 1.86 bits per heavy atom. The van der Waals surface area contributed by atoms with Crippen molar-refractivity contribution in [3.05, 3.63) is 40.4 Å². The average Bonchev–Trinajstić information content (AvgIpc) is 2.48. The first-order valence-electron chi connectivity index (χ1n) is 6.14. The summed E-state index contributed by atoms with van der Waals surface area (Å²) in [4.78, 5) is 10.3. The molecular weight excluding hydrogens is 286 g/mol. The van der Waals surface area contributed by atoms with E-state index >= 15 is 0 Å². The predicted molar refractivity (Wildman–Crippen MR) is 66.8 cm³/mol. The Balaban J connectivity index is 2.38. The molecule has 1 aliphatic rings. The summed E-state index contributed by atoms with van der Waals surface area (Å²) in [7, 11) is 0. The van der Waals surface area contributed by atoms with Crippen LogP contribution in [-0.2, 0) is 4.74 Å². The lowest BCUT2D eigenvalue weighted by molar-refractivity contribution is -0.706. The molecule has 1 aliphatic heterocycles. The van der Waals surface area contributed by atoms with Crippen molar-refractivity contribution in [3.63, 3.8) is 0 Å². The Labute approximate surface area is 119 Å². The van der Waals surface area contributed by atoms with E-state index in [2.05, 4.69) is 0 Å². The van der Waals surface area contributed by atoms with E-state index in [0.717, 1.165) is 0 Å². The molecule has 5 atom stereocenters. The van der Waals surface area contributed by atoms with Gasteiger partial charge >= 0.3 is 5.91 Å². The quantitative estimate of drug-likeness (QED) is 0.298. The highest BCUT2D eigenvalue weighted by Crippen LogP contribution is 2.33. The van der Waals surface area contributed by atoms with Crippen LogP contribution in [0.25, 0.3) is 0 Å². The van der Waals surface area contributed by atoms with Crippen molar-refractivity contribution in [1.82, 2.24) is 0 Å². The molecule has 21 heavy (non-hydrogen) atoms. The van der Waals surface area contributed by atoms with Crippen LogP contribution < -0.4 is 4.74 Å². The zero-order chi connectivity index (χ0) is 15.6. The van der Waals surface area contributed by atoms with Crippen LogP contribution in [0, 0.1) is 10.1 Å². The zero-order valence-electron chi connectivity index (χ0n) is 10.8. The second-order valence-electron chi connectivity index (χ2n) is 4.57. The molecule has 0 bridgehead atoms. The smallest absolute Gasteiger partial charge is 0.403 e. The maximum atomic E-state index is 11.3. The Kier molecular flexibility index (Phi) is 4.40. The highest BCUT2D eigenvalue weighted by molar-refractivity contribution is 5.21. The number of aliphatic hydroxyl groups is 4. The van der Waals surface area contributed by atoms with Crippen molar-refractivity contribution in [1.29, 1.82) is 0 Å². The summed E-state index contributed by atoms with van der Waals surface area (Å²) in [5.41, 5.74) is 0. The lowest BCUT2D eigenvalue weighted by atomic mass is 9.96. The van der Waals surface area contributed by atoms with Crippen molar-refractivity contribution in [2.45, 2.75) is 30.3 Å². The molecule has 0 saturated carbocycles. The van der Waals surface area contributed by atoms with Crippen molar-refractivity contribution in [2.24, 2.45) is 0 Å². The summed E-state index contributed by atoms with van der Waals surface area (Å²) in [5.74, 6) is -2.80. The van der Waals surface area contributed by atoms with Gasteiger partial charge in [-0.05, 0) is 12.1 Å². The van der Waals surface area contributed by atoms with Gasteiger partial charge in [0.15, 0.2) is 0 Å². The number of nitrogens with zero attached hydrogens (tertiary/aromatic N) is 1. The van der Waals surface area contributed by atoms with Crippen molar-refractivity contribution < 1.29 is 34.8 Å². The van der Waals surface area contributed by atoms with Crippen LogP contribution in [0.2, 0.25) is 0 Å². The second kappa shape index (κ2) is 5.92. The van der Waals surface area contributed by atoms with E-state index in [1.807, 2.05) is 0 Å². The molecule has 1 saturated heterocycles. The SMILES string of the molecule is O=[N+]([O-])[C@@]1(Oc2ccccc2)O[C@H](CO)[C@H](O)[C@H](O)[C@H]1O. The number of rotatable bonds is 4. The van der Waals surface area contributed by atoms with Crippen LogP contribution in [0.15, 0.2) is 30.3 Å². The predicted octanol–water partition coefficient (Wildman–Crippen LogP) is -1.53. The van der Waals surface area contributed by atoms with Crippen molar-refractivity contribution in [3.8, 4) is 5.75 Å². The average molecular weight is 301 g/mol. The van der Waals surface area contributed by atoms with Gasteiger partial charge in [0.05, 0.1) is 6.61 Å². The normalized spacial score (nSPS) is 36.2. The van der Waals surface area contributed by atoms with Gasteiger partial charge in [0, 0.05) is 0 Å². The molecule has 0 radical (unpaired) electrons. The van der Waals surface area contributed by atoms with Crippen molar-refractivity contribution in [2.75, 3.05) is 6.61 Å². The maximum absolute atomic E-state index is 11.3. The molecule has 116 valence electrons. The van der Waals surface area contributed by atoms with Gasteiger partial charge in [-0.2, -0.15) is 0 Å². The first-order valence-corrected chi connectivity index (χ1v) is 6.14. The van der Waals surface area contributed by atoms with E-state index in [0.29, 0.717) is 0 Å². The molecule has 0 aromatic heterocycles. The highest BCUT2D eigenvalue weighted by Gasteiger charge is 2.65. The lowest BCUT2D eigenvalue weighted by Crippen LogP contribution is -2.70. The zero-order valence-corrected chi connectivity index (χ0v) is 10.8. The molecule has 1 heterocycles. The molecular formula is C12H15NO8. The van der Waals surface area contributed by atoms with E-state index in [-0.39, 0.29) is 5.75 Å². The fraction of sp³-hybridized carbons (Fsp3) is 0.500. The van der Waals surface area contributed by atoms with E-state index in [9.17, 15) is 25.4 Å². The second-order valence-corrected chi connectivity index (χ2v) is 4.57. The molecule has 2 rings (SSSR count). The van der Waals surface area contributed by atoms with Crippen LogP contribution in [-0.4, -0.2) is 62.3 Å². The van der Waals surface area contributed by atoms with Gasteiger partial charge in [0.25, 0.3) is 0 Å². The molecule has 9 heteroatoms. The molecule has 1 fully saturated rings. The van der Waals surface area contributed by atoms with E-state index in [4.69, 9.17) is 14.6 Å². The number of aliphatic hydroxyl groups excluding tert-OH is 4. The first-order chi connectivity index (χ1) is 9.92. The summed E-state index contributed by atoms with van der Waals surface area (Å²) < 4.78 is 10.1. The topological polar surface area (TPSA) is 143 Å². The summed E-state index contributed by atoms with van der Waals surface area (Å²) in [6.07, 6.45) is -7.22. The van der Waals surface area contributed by atoms with Gasteiger partial charge < -0.3 is 25.2 Å². The first kappa shape index (κ1) is 15.6. The Morgan fingerprint density at radius 3 is 2.38 bits per heavy atom. The van der Waals surface area contributed by atoms with Gasteiger partial charge in [-0.1, -0.05) is 18.2 Å². The van der Waals surface area contributed by atoms with Gasteiger partial charge in [0.1, 0.15) is 29.0 Å². The van der Waals surface area contributed by atoms with Crippen molar-refractivity contribution >= 4 is 0 Å². The van der Waals surface area contributed by atoms with Gasteiger partial charge in [-0.3, -0.25) is 14.9 Å². The molecule has 1 aromatic rings. The van der Waals surface area contributed by atoms with Crippen LogP contribution in [0.1, 0.15) is 0 Å². The third kappa shape index (κ3) is 2.69. The molecule has 0 unspecified atom stereocenters. The Hall–Kier alpha value is -1.78. The molecule has 0 amide bonds. The third-order valence-corrected chi connectivity index (χ3v) is 3.19. The van der Waals surface area contributed by atoms with Crippen LogP contribution >= 0.6 is 0 Å². The number of benzene rings is 1. The highest BCUT2D eigenvalue weighted by atomic mass is 16.8. The van der Waals surface area contributed by atoms with E-state index in [1.54, 1.807) is 18.2 Å². The Bertz CT molecular complexity index is 495. The largest absolute Gasteiger partial charge is 0.513 e. The van der Waals surface area contributed by atoms with Crippen LogP contribution in [0.3, 0.4) is 0 Å². The summed E-state index contributed by atoms with van der Waals surface area (Å²) in [6, 6.07) is 7.54. The molecule has 0 spiro atoms. The van der Waals surface area contributed by atoms with Gasteiger partial charge in [-0.15, -0.1) is 0 Å². The minimum absolute atomic E-state index is 0.0218. The van der Waals surface area contributed by atoms with Crippen LogP contribution in [0.4, 0.5) is 0 Å². The third-order valence-electron chi connectivity index (χ3n) is 3.19. The standard InChI is InChI=1S/C12H15NO8/c14-6-8-9(15)10(16)11(17)12(21-8,13(18)19)20-7-4-2-1-3-5-7/h1-5,8-11,14-17H,6H2/t8-,9+,10+,11-,12+/m1/s1. The number of ether oxygens (including phenoxy) is 2. The summed E-state index contributed by atoms with van der Waals surface area (Å²) >= 11 is 0. The van der Waals surface area contributed by atoms with Gasteiger partial charge in [-0.25, -0.2) is 0 Å². The lowest BCUT2D eigenvalue weighted by Gasteiger charge is -2.41. The summed E-state index contributed by atoms with van der Waals surface area (Å²) in [6.45, 7) is -0.793.